The Balaban J connectivity index is 1.79. The molecule has 0 bridgehead atoms. The minimum Gasteiger partial charge on any atom is -0.499 e. The standard InChI is InChI=1S/C29H38BN3O7/c1-18(2)14-22(30-39-26(36)17-33(5)16-19(3)29(38)40-30)15-25(35)27(20(4)34)32-28(37)24-13-9-12-23(31-24)21-10-7-6-8-11-21/h6-13,18-20,22,27,34H,14-17H2,1-5H3,(H,32,37)/t19-,20-,22-,27+/m1/s1. The minimum absolute atomic E-state index is 0.0266. The summed E-state index contributed by atoms with van der Waals surface area (Å²) < 4.78 is 11.1. The van der Waals surface area contributed by atoms with Crippen LogP contribution in [0.2, 0.25) is 5.82 Å². The first-order valence-corrected chi connectivity index (χ1v) is 13.6. The molecule has 0 saturated carbocycles. The number of aliphatic hydroxyl groups excluding tert-OH is 1. The van der Waals surface area contributed by atoms with Crippen LogP contribution < -0.4 is 5.32 Å². The van der Waals surface area contributed by atoms with Gasteiger partial charge in [-0.05, 0) is 38.4 Å². The Morgan fingerprint density at radius 3 is 2.45 bits per heavy atom. The van der Waals surface area contributed by atoms with Gasteiger partial charge < -0.3 is 19.7 Å². The lowest BCUT2D eigenvalue weighted by molar-refractivity contribution is -0.141. The number of nitrogens with one attached hydrogen (secondary N) is 1. The number of ketones is 1. The first-order valence-electron chi connectivity index (χ1n) is 13.6. The summed E-state index contributed by atoms with van der Waals surface area (Å²) in [6, 6.07) is 13.1. The molecule has 1 aliphatic heterocycles. The lowest BCUT2D eigenvalue weighted by atomic mass is 9.64. The Morgan fingerprint density at radius 2 is 1.80 bits per heavy atom. The van der Waals surface area contributed by atoms with E-state index in [2.05, 4.69) is 10.3 Å². The summed E-state index contributed by atoms with van der Waals surface area (Å²) in [7, 11) is 0.440. The molecule has 4 atom stereocenters. The third-order valence-electron chi connectivity index (χ3n) is 6.66. The molecule has 1 amide bonds. The van der Waals surface area contributed by atoms with E-state index >= 15 is 0 Å². The molecule has 0 aliphatic carbocycles. The number of Topliss-reactive ketones (excluding diaryl/α,β-unsaturated/α-hetero) is 1. The fourth-order valence-corrected chi connectivity index (χ4v) is 4.74. The van der Waals surface area contributed by atoms with Gasteiger partial charge in [0, 0.05) is 24.3 Å². The number of likely N-dealkylation sites (N-methyl/N-ethyl adjacent to an activating group) is 1. The van der Waals surface area contributed by atoms with Crippen LogP contribution in [0.15, 0.2) is 48.5 Å². The van der Waals surface area contributed by atoms with Gasteiger partial charge in [-0.3, -0.25) is 24.1 Å². The zero-order valence-corrected chi connectivity index (χ0v) is 23.7. The highest BCUT2D eigenvalue weighted by Crippen LogP contribution is 2.29. The van der Waals surface area contributed by atoms with Gasteiger partial charge in [-0.15, -0.1) is 0 Å². The van der Waals surface area contributed by atoms with E-state index in [9.17, 15) is 24.3 Å². The van der Waals surface area contributed by atoms with Crippen LogP contribution in [0.4, 0.5) is 0 Å². The van der Waals surface area contributed by atoms with Crippen LogP contribution in [0, 0.1) is 11.8 Å². The highest BCUT2D eigenvalue weighted by molar-refractivity contribution is 6.51. The van der Waals surface area contributed by atoms with E-state index in [1.807, 2.05) is 44.2 Å². The summed E-state index contributed by atoms with van der Waals surface area (Å²) in [6.45, 7) is 7.28. The molecule has 2 N–H and O–H groups in total. The maximum atomic E-state index is 13.5. The van der Waals surface area contributed by atoms with Gasteiger partial charge in [0.1, 0.15) is 11.7 Å². The van der Waals surface area contributed by atoms with Crippen molar-refractivity contribution < 1.29 is 33.6 Å². The topological polar surface area (TPSA) is 135 Å². The molecule has 1 fully saturated rings. The maximum Gasteiger partial charge on any atom is 0.602 e. The molecule has 1 aromatic heterocycles. The molecule has 2 aromatic rings. The van der Waals surface area contributed by atoms with Crippen LogP contribution in [0.1, 0.15) is 51.0 Å². The molecule has 2 heterocycles. The molecular weight excluding hydrogens is 513 g/mol. The zero-order chi connectivity index (χ0) is 29.4. The largest absolute Gasteiger partial charge is 0.602 e. The van der Waals surface area contributed by atoms with Gasteiger partial charge in [0.25, 0.3) is 11.9 Å². The van der Waals surface area contributed by atoms with Crippen LogP contribution in [0.5, 0.6) is 0 Å². The number of nitrogens with zero attached hydrogens (tertiary/aromatic N) is 2. The van der Waals surface area contributed by atoms with E-state index in [0.29, 0.717) is 18.7 Å². The second kappa shape index (κ2) is 14.2. The summed E-state index contributed by atoms with van der Waals surface area (Å²) in [6.07, 6.45) is -1.00. The second-order valence-electron chi connectivity index (χ2n) is 10.9. The van der Waals surface area contributed by atoms with Crippen LogP contribution >= 0.6 is 0 Å². The Hall–Kier alpha value is -3.57. The van der Waals surface area contributed by atoms with E-state index in [1.54, 1.807) is 31.0 Å². The lowest BCUT2D eigenvalue weighted by Gasteiger charge is -2.26. The van der Waals surface area contributed by atoms with Crippen LogP contribution in [-0.4, -0.2) is 78.0 Å². The average Bonchev–Trinajstić information content (AvgIpc) is 2.94. The Bertz CT molecular complexity index is 1190. The number of hydrogen-bond donors (Lipinski definition) is 2. The van der Waals surface area contributed by atoms with Crippen molar-refractivity contribution in [1.29, 1.82) is 0 Å². The van der Waals surface area contributed by atoms with Crippen molar-refractivity contribution in [3.63, 3.8) is 0 Å². The van der Waals surface area contributed by atoms with Crippen molar-refractivity contribution >= 4 is 30.7 Å². The van der Waals surface area contributed by atoms with Gasteiger partial charge in [-0.2, -0.15) is 0 Å². The van der Waals surface area contributed by atoms with Gasteiger partial charge in [-0.25, -0.2) is 4.98 Å². The predicted molar refractivity (Wildman–Crippen MR) is 150 cm³/mol. The number of hydrogen-bond acceptors (Lipinski definition) is 9. The maximum absolute atomic E-state index is 13.5. The van der Waals surface area contributed by atoms with Crippen LogP contribution in [0.25, 0.3) is 11.3 Å². The molecular formula is C29H38BN3O7. The third kappa shape index (κ3) is 8.72. The summed E-state index contributed by atoms with van der Waals surface area (Å²) >= 11 is 0. The van der Waals surface area contributed by atoms with Crippen molar-refractivity contribution in [2.45, 2.75) is 58.5 Å². The van der Waals surface area contributed by atoms with Gasteiger partial charge in [0.2, 0.25) is 0 Å². The second-order valence-corrected chi connectivity index (χ2v) is 10.9. The Morgan fingerprint density at radius 1 is 1.10 bits per heavy atom. The smallest absolute Gasteiger partial charge is 0.499 e. The van der Waals surface area contributed by atoms with E-state index in [-0.39, 0.29) is 24.6 Å². The normalized spacial score (nSPS) is 19.0. The number of rotatable bonds is 10. The number of aliphatic hydroxyl groups is 1. The SMILES string of the molecule is CC(C)C[C@H](CC(=O)[C@@H](NC(=O)c1cccc(-c2ccccc2)n1)[C@@H](C)O)B1OC(=O)CN(C)C[C@@H](C)C(=O)O1. The number of carbonyl (C=O) groups is 4. The summed E-state index contributed by atoms with van der Waals surface area (Å²) in [5, 5.41) is 13.1. The highest BCUT2D eigenvalue weighted by Gasteiger charge is 2.42. The fraction of sp³-hybridized carbons (Fsp3) is 0.483. The Labute approximate surface area is 235 Å². The molecule has 3 rings (SSSR count). The van der Waals surface area contributed by atoms with E-state index < -0.39 is 54.6 Å². The monoisotopic (exact) mass is 551 g/mol. The quantitative estimate of drug-likeness (QED) is 0.428. The van der Waals surface area contributed by atoms with Gasteiger partial charge in [-0.1, -0.05) is 57.2 Å². The molecule has 40 heavy (non-hydrogen) atoms. The molecule has 0 unspecified atom stereocenters. The van der Waals surface area contributed by atoms with Crippen molar-refractivity contribution in [2.24, 2.45) is 11.8 Å². The molecule has 0 radical (unpaired) electrons. The van der Waals surface area contributed by atoms with E-state index in [4.69, 9.17) is 9.31 Å². The van der Waals surface area contributed by atoms with Crippen molar-refractivity contribution in [3.8, 4) is 11.3 Å². The van der Waals surface area contributed by atoms with Crippen molar-refractivity contribution in [1.82, 2.24) is 15.2 Å². The summed E-state index contributed by atoms with van der Waals surface area (Å²) in [5.41, 5.74) is 1.51. The fourth-order valence-electron chi connectivity index (χ4n) is 4.74. The third-order valence-corrected chi connectivity index (χ3v) is 6.66. The van der Waals surface area contributed by atoms with E-state index in [1.165, 1.54) is 13.0 Å². The minimum atomic E-state index is -1.27. The van der Waals surface area contributed by atoms with Crippen molar-refractivity contribution in [3.05, 3.63) is 54.2 Å². The number of benzene rings is 1. The van der Waals surface area contributed by atoms with E-state index in [0.717, 1.165) is 5.56 Å². The molecule has 1 aromatic carbocycles. The predicted octanol–water partition coefficient (Wildman–Crippen LogP) is 2.76. The number of amides is 1. The average molecular weight is 551 g/mol. The molecule has 11 heteroatoms. The highest BCUT2D eigenvalue weighted by atomic mass is 16.6. The zero-order valence-electron chi connectivity index (χ0n) is 23.7. The lowest BCUT2D eigenvalue weighted by Crippen LogP contribution is -2.49. The van der Waals surface area contributed by atoms with Gasteiger partial charge in [0.15, 0.2) is 5.78 Å². The molecule has 10 nitrogen and oxygen atoms in total. The van der Waals surface area contributed by atoms with Gasteiger partial charge in [0.05, 0.1) is 24.3 Å². The Kier molecular flexibility index (Phi) is 11.0. The summed E-state index contributed by atoms with van der Waals surface area (Å²) in [5.74, 6) is -3.29. The molecule has 214 valence electrons. The number of carbonyl (C=O) groups excluding carboxylic acids is 4. The van der Waals surface area contributed by atoms with Crippen LogP contribution in [-0.2, 0) is 23.7 Å². The molecule has 0 spiro atoms. The number of pyridine rings is 1. The first-order chi connectivity index (χ1) is 18.9. The van der Waals surface area contributed by atoms with Crippen molar-refractivity contribution in [2.75, 3.05) is 20.1 Å². The molecule has 1 aliphatic rings. The molecule has 1 saturated heterocycles. The summed E-state index contributed by atoms with van der Waals surface area (Å²) in [4.78, 5) is 57.9. The first kappa shape index (κ1) is 31.0. The van der Waals surface area contributed by atoms with Gasteiger partial charge >= 0.3 is 13.1 Å². The number of aromatic nitrogens is 1. The van der Waals surface area contributed by atoms with Crippen LogP contribution in [0.3, 0.4) is 0 Å².